The molecular weight excluding hydrogens is 336 g/mol. The Morgan fingerprint density at radius 3 is 2.41 bits per heavy atom. The fourth-order valence-corrected chi connectivity index (χ4v) is 4.69. The lowest BCUT2D eigenvalue weighted by molar-refractivity contribution is -0.135. The molecule has 5 nitrogen and oxygen atoms in total. The van der Waals surface area contributed by atoms with Crippen LogP contribution in [0, 0.1) is 0 Å². The van der Waals surface area contributed by atoms with Crippen molar-refractivity contribution in [2.45, 2.75) is 50.6 Å². The van der Waals surface area contributed by atoms with Crippen molar-refractivity contribution in [2.24, 2.45) is 0 Å². The van der Waals surface area contributed by atoms with Gasteiger partial charge in [-0.15, -0.1) is 0 Å². The van der Waals surface area contributed by atoms with E-state index < -0.39 is 0 Å². The lowest BCUT2D eigenvalue weighted by Gasteiger charge is -2.41. The molecule has 0 N–H and O–H groups in total. The Labute approximate surface area is 162 Å². The molecule has 0 radical (unpaired) electrons. The molecule has 2 aromatic rings. The molecule has 2 aromatic heterocycles. The van der Waals surface area contributed by atoms with Gasteiger partial charge in [-0.1, -0.05) is 25.3 Å². The van der Waals surface area contributed by atoms with E-state index in [1.54, 1.807) is 0 Å². The Bertz CT molecular complexity index is 714. The first kappa shape index (κ1) is 18.2. The average molecular weight is 367 g/mol. The molecule has 144 valence electrons. The summed E-state index contributed by atoms with van der Waals surface area (Å²) in [6.07, 6.45) is 14.7. The van der Waals surface area contributed by atoms with Crippen LogP contribution in [0.15, 0.2) is 49.1 Å². The van der Waals surface area contributed by atoms with Crippen molar-refractivity contribution in [3.05, 3.63) is 54.6 Å². The van der Waals surface area contributed by atoms with E-state index >= 15 is 0 Å². The number of piperazine rings is 1. The number of carbonyl (C=O) groups is 1. The van der Waals surface area contributed by atoms with E-state index in [-0.39, 0.29) is 5.54 Å². The highest BCUT2D eigenvalue weighted by molar-refractivity contribution is 5.77. The molecule has 3 heterocycles. The average Bonchev–Trinajstić information content (AvgIpc) is 3.26. The molecule has 1 amide bonds. The molecule has 1 saturated carbocycles. The number of hydrogen-bond donors (Lipinski definition) is 0. The van der Waals surface area contributed by atoms with E-state index in [0.29, 0.717) is 12.3 Å². The smallest absolute Gasteiger partial charge is 0.225 e. The number of carbonyl (C=O) groups excluding carboxylic acids is 1. The van der Waals surface area contributed by atoms with Crippen molar-refractivity contribution < 1.29 is 4.79 Å². The zero-order chi connectivity index (χ0) is 18.5. The van der Waals surface area contributed by atoms with Crippen LogP contribution in [0.2, 0.25) is 0 Å². The number of aromatic nitrogens is 2. The van der Waals surface area contributed by atoms with Crippen LogP contribution in [-0.4, -0.2) is 51.4 Å². The molecule has 1 saturated heterocycles. The van der Waals surface area contributed by atoms with Crippen molar-refractivity contribution in [1.82, 2.24) is 19.4 Å². The Hall–Kier alpha value is -2.14. The number of pyridine rings is 1. The van der Waals surface area contributed by atoms with Gasteiger partial charge in [0.05, 0.1) is 12.0 Å². The van der Waals surface area contributed by atoms with Gasteiger partial charge in [0.1, 0.15) is 0 Å². The number of hydrogen-bond acceptors (Lipinski definition) is 3. The zero-order valence-corrected chi connectivity index (χ0v) is 16.1. The fourth-order valence-electron chi connectivity index (χ4n) is 4.69. The zero-order valence-electron chi connectivity index (χ0n) is 16.1. The van der Waals surface area contributed by atoms with Crippen LogP contribution in [0.1, 0.15) is 44.1 Å². The summed E-state index contributed by atoms with van der Waals surface area (Å²) < 4.78 is 2.31. The molecule has 2 fully saturated rings. The largest absolute Gasteiger partial charge is 0.348 e. The molecule has 5 heteroatoms. The molecule has 0 spiro atoms. The first-order chi connectivity index (χ1) is 13.3. The highest BCUT2D eigenvalue weighted by atomic mass is 16.2. The van der Waals surface area contributed by atoms with Gasteiger partial charge in [-0.2, -0.15) is 0 Å². The third-order valence-corrected chi connectivity index (χ3v) is 6.27. The minimum Gasteiger partial charge on any atom is -0.348 e. The molecule has 0 bridgehead atoms. The van der Waals surface area contributed by atoms with Crippen LogP contribution in [0.4, 0.5) is 0 Å². The van der Waals surface area contributed by atoms with E-state index in [1.807, 2.05) is 18.5 Å². The summed E-state index contributed by atoms with van der Waals surface area (Å²) in [4.78, 5) is 21.8. The minimum absolute atomic E-state index is 0.00826. The SMILES string of the molecule is O=C(CC1(n2cccc2)CCCCC1)N1CCN(Cc2cccnc2)CC1. The van der Waals surface area contributed by atoms with Crippen LogP contribution >= 0.6 is 0 Å². The summed E-state index contributed by atoms with van der Waals surface area (Å²) in [6, 6.07) is 8.27. The normalized spacial score (nSPS) is 20.5. The van der Waals surface area contributed by atoms with Crippen molar-refractivity contribution in [3.63, 3.8) is 0 Å². The molecule has 4 rings (SSSR count). The van der Waals surface area contributed by atoms with Gasteiger partial charge in [0, 0.05) is 57.5 Å². The monoisotopic (exact) mass is 366 g/mol. The Balaban J connectivity index is 1.35. The van der Waals surface area contributed by atoms with E-state index in [1.165, 1.54) is 24.8 Å². The maximum atomic E-state index is 13.1. The number of amides is 1. The lowest BCUT2D eigenvalue weighted by Crippen LogP contribution is -2.50. The summed E-state index contributed by atoms with van der Waals surface area (Å²) in [5, 5.41) is 0. The molecule has 27 heavy (non-hydrogen) atoms. The van der Waals surface area contributed by atoms with Crippen molar-refractivity contribution in [1.29, 1.82) is 0 Å². The number of nitrogens with zero attached hydrogens (tertiary/aromatic N) is 4. The molecule has 2 aliphatic rings. The Morgan fingerprint density at radius 2 is 1.74 bits per heavy atom. The van der Waals surface area contributed by atoms with Gasteiger partial charge in [-0.3, -0.25) is 14.7 Å². The molecule has 1 aliphatic heterocycles. The van der Waals surface area contributed by atoms with E-state index in [2.05, 4.69) is 49.9 Å². The third-order valence-electron chi connectivity index (χ3n) is 6.27. The van der Waals surface area contributed by atoms with Crippen LogP contribution in [0.5, 0.6) is 0 Å². The van der Waals surface area contributed by atoms with Gasteiger partial charge in [0.25, 0.3) is 0 Å². The van der Waals surface area contributed by atoms with E-state index in [9.17, 15) is 4.79 Å². The summed E-state index contributed by atoms with van der Waals surface area (Å²) in [5.41, 5.74) is 1.23. The van der Waals surface area contributed by atoms with Crippen molar-refractivity contribution in [3.8, 4) is 0 Å². The van der Waals surface area contributed by atoms with E-state index in [0.717, 1.165) is 45.6 Å². The minimum atomic E-state index is -0.00826. The van der Waals surface area contributed by atoms with E-state index in [4.69, 9.17) is 0 Å². The first-order valence-corrected chi connectivity index (χ1v) is 10.3. The van der Waals surface area contributed by atoms with Gasteiger partial charge in [-0.25, -0.2) is 0 Å². The van der Waals surface area contributed by atoms with Gasteiger partial charge in [-0.05, 0) is 36.6 Å². The van der Waals surface area contributed by atoms with Gasteiger partial charge in [0.2, 0.25) is 5.91 Å². The third kappa shape index (κ3) is 4.24. The number of rotatable bonds is 5. The van der Waals surface area contributed by atoms with Crippen LogP contribution in [0.25, 0.3) is 0 Å². The van der Waals surface area contributed by atoms with Gasteiger partial charge in [0.15, 0.2) is 0 Å². The molecule has 0 atom stereocenters. The summed E-state index contributed by atoms with van der Waals surface area (Å²) in [5.74, 6) is 0.326. The first-order valence-electron chi connectivity index (χ1n) is 10.3. The quantitative estimate of drug-likeness (QED) is 0.815. The topological polar surface area (TPSA) is 41.4 Å². The van der Waals surface area contributed by atoms with Crippen LogP contribution in [-0.2, 0) is 16.9 Å². The van der Waals surface area contributed by atoms with Crippen molar-refractivity contribution in [2.75, 3.05) is 26.2 Å². The van der Waals surface area contributed by atoms with Crippen molar-refractivity contribution >= 4 is 5.91 Å². The standard InChI is InChI=1S/C22H30N4O/c27-21(17-22(8-2-1-3-9-22)26-11-4-5-12-26)25-15-13-24(14-16-25)19-20-7-6-10-23-18-20/h4-7,10-12,18H,1-3,8-9,13-17,19H2. The Kier molecular flexibility index (Phi) is 5.58. The second kappa shape index (κ2) is 8.26. The summed E-state index contributed by atoms with van der Waals surface area (Å²) >= 11 is 0. The fraction of sp³-hybridized carbons (Fsp3) is 0.545. The Morgan fingerprint density at radius 1 is 1.00 bits per heavy atom. The summed E-state index contributed by atoms with van der Waals surface area (Å²) in [6.45, 7) is 4.47. The van der Waals surface area contributed by atoms with Gasteiger partial charge >= 0.3 is 0 Å². The molecule has 0 unspecified atom stereocenters. The highest BCUT2D eigenvalue weighted by Gasteiger charge is 2.37. The van der Waals surface area contributed by atoms with Crippen LogP contribution < -0.4 is 0 Å². The maximum Gasteiger partial charge on any atom is 0.225 e. The molecule has 1 aliphatic carbocycles. The lowest BCUT2D eigenvalue weighted by atomic mass is 9.78. The molecular formula is C22H30N4O. The molecule has 0 aromatic carbocycles. The highest BCUT2D eigenvalue weighted by Crippen LogP contribution is 2.38. The van der Waals surface area contributed by atoms with Gasteiger partial charge < -0.3 is 9.47 Å². The second-order valence-electron chi connectivity index (χ2n) is 8.07. The predicted molar refractivity (Wildman–Crippen MR) is 106 cm³/mol. The maximum absolute atomic E-state index is 13.1. The predicted octanol–water partition coefficient (Wildman–Crippen LogP) is 3.28. The van der Waals surface area contributed by atoms with Crippen LogP contribution in [0.3, 0.4) is 0 Å². The second-order valence-corrected chi connectivity index (χ2v) is 8.07. The summed E-state index contributed by atoms with van der Waals surface area (Å²) in [7, 11) is 0.